The summed E-state index contributed by atoms with van der Waals surface area (Å²) < 4.78 is 6.10. The molecule has 4 rings (SSSR count). The Kier molecular flexibility index (Phi) is 4.77. The molecule has 0 aliphatic carbocycles. The lowest BCUT2D eigenvalue weighted by Gasteiger charge is -2.18. The van der Waals surface area contributed by atoms with E-state index in [1.54, 1.807) is 30.5 Å². The predicted octanol–water partition coefficient (Wildman–Crippen LogP) is 5.37. The van der Waals surface area contributed by atoms with Gasteiger partial charge in [-0.2, -0.15) is 0 Å². The van der Waals surface area contributed by atoms with Gasteiger partial charge in [-0.15, -0.1) is 0 Å². The zero-order valence-electron chi connectivity index (χ0n) is 15.4. The van der Waals surface area contributed by atoms with Crippen LogP contribution in [-0.4, -0.2) is 16.6 Å². The second kappa shape index (κ2) is 7.53. The molecule has 1 atom stereocenters. The summed E-state index contributed by atoms with van der Waals surface area (Å²) in [6, 6.07) is 24.0. The van der Waals surface area contributed by atoms with Crippen LogP contribution in [0.5, 0.6) is 5.75 Å². The summed E-state index contributed by atoms with van der Waals surface area (Å²) in [5.74, 6) is 0.396. The molecule has 4 nitrogen and oxygen atoms in total. The van der Waals surface area contributed by atoms with Crippen LogP contribution in [0, 0.1) is 0 Å². The van der Waals surface area contributed by atoms with Crippen molar-refractivity contribution in [1.29, 1.82) is 0 Å². The maximum Gasteiger partial charge on any atom is 0.210 e. The molecule has 1 heterocycles. The van der Waals surface area contributed by atoms with E-state index in [-0.39, 0.29) is 11.6 Å². The van der Waals surface area contributed by atoms with Gasteiger partial charge in [0.1, 0.15) is 5.75 Å². The highest BCUT2D eigenvalue weighted by Gasteiger charge is 2.26. The van der Waals surface area contributed by atoms with Crippen molar-refractivity contribution in [3.8, 4) is 5.75 Å². The van der Waals surface area contributed by atoms with Crippen LogP contribution in [0.2, 0.25) is 0 Å². The lowest BCUT2D eigenvalue weighted by molar-refractivity contribution is 0.0793. The third kappa shape index (κ3) is 3.45. The van der Waals surface area contributed by atoms with Gasteiger partial charge in [-0.25, -0.2) is 0 Å². The summed E-state index contributed by atoms with van der Waals surface area (Å²) >= 11 is 0. The fourth-order valence-corrected chi connectivity index (χ4v) is 3.22. The molecule has 0 bridgehead atoms. The molecule has 3 aromatic carbocycles. The first-order valence-corrected chi connectivity index (χ1v) is 9.06. The van der Waals surface area contributed by atoms with Gasteiger partial charge in [-0.3, -0.25) is 9.59 Å². The summed E-state index contributed by atoms with van der Waals surface area (Å²) in [5.41, 5.74) is 2.87. The molecule has 0 aliphatic rings. The molecular formula is C24H19NO3. The number of hydrogen-bond donors (Lipinski definition) is 1. The minimum Gasteiger partial charge on any atom is -0.478 e. The van der Waals surface area contributed by atoms with Gasteiger partial charge in [-0.05, 0) is 37.3 Å². The van der Waals surface area contributed by atoms with Crippen LogP contribution in [-0.2, 0) is 0 Å². The van der Waals surface area contributed by atoms with Gasteiger partial charge >= 0.3 is 0 Å². The molecule has 0 spiro atoms. The van der Waals surface area contributed by atoms with Crippen molar-refractivity contribution >= 4 is 22.5 Å². The number of rotatable bonds is 6. The maximum atomic E-state index is 13.4. The smallest absolute Gasteiger partial charge is 0.210 e. The van der Waals surface area contributed by atoms with Crippen molar-refractivity contribution in [3.05, 3.63) is 102 Å². The first-order valence-electron chi connectivity index (χ1n) is 9.06. The average Bonchev–Trinajstić information content (AvgIpc) is 3.17. The Balaban J connectivity index is 1.71. The van der Waals surface area contributed by atoms with Gasteiger partial charge in [0.25, 0.3) is 0 Å². The Hall–Kier alpha value is -3.66. The van der Waals surface area contributed by atoms with E-state index in [1.807, 2.05) is 54.6 Å². The van der Waals surface area contributed by atoms with E-state index in [9.17, 15) is 9.59 Å². The van der Waals surface area contributed by atoms with Gasteiger partial charge in [0.15, 0.2) is 11.9 Å². The van der Waals surface area contributed by atoms with Crippen LogP contribution >= 0.6 is 0 Å². The van der Waals surface area contributed by atoms with Gasteiger partial charge in [0, 0.05) is 33.8 Å². The molecule has 0 saturated carbocycles. The normalized spacial score (nSPS) is 11.9. The Bertz CT molecular complexity index is 1130. The summed E-state index contributed by atoms with van der Waals surface area (Å²) in [6.45, 7) is 1.52. The van der Waals surface area contributed by atoms with Gasteiger partial charge in [-0.1, -0.05) is 48.5 Å². The van der Waals surface area contributed by atoms with E-state index in [2.05, 4.69) is 4.98 Å². The fraction of sp³-hybridized carbons (Fsp3) is 0.0833. The van der Waals surface area contributed by atoms with E-state index >= 15 is 0 Å². The Labute approximate surface area is 162 Å². The van der Waals surface area contributed by atoms with Crippen LogP contribution in [0.3, 0.4) is 0 Å². The molecule has 0 unspecified atom stereocenters. The number of fused-ring (bicyclic) bond motifs is 1. The van der Waals surface area contributed by atoms with Crippen LogP contribution < -0.4 is 4.74 Å². The number of H-pyrrole nitrogens is 1. The number of ketones is 2. The highest BCUT2D eigenvalue weighted by atomic mass is 16.5. The van der Waals surface area contributed by atoms with E-state index < -0.39 is 6.10 Å². The third-order valence-corrected chi connectivity index (χ3v) is 4.71. The van der Waals surface area contributed by atoms with Crippen molar-refractivity contribution < 1.29 is 14.3 Å². The molecule has 28 heavy (non-hydrogen) atoms. The average molecular weight is 369 g/mol. The number of carbonyl (C=O) groups excluding carboxylic acids is 2. The molecule has 0 saturated heterocycles. The van der Waals surface area contributed by atoms with Crippen LogP contribution in [0.25, 0.3) is 10.9 Å². The van der Waals surface area contributed by atoms with Crippen molar-refractivity contribution in [1.82, 2.24) is 4.98 Å². The second-order valence-corrected chi connectivity index (χ2v) is 6.60. The molecule has 138 valence electrons. The summed E-state index contributed by atoms with van der Waals surface area (Å²) in [7, 11) is 0. The Morgan fingerprint density at radius 2 is 1.54 bits per heavy atom. The molecule has 4 aromatic rings. The molecule has 0 aliphatic heterocycles. The number of aromatic amines is 1. The minimum absolute atomic E-state index is 0.0129. The quantitative estimate of drug-likeness (QED) is 0.465. The minimum atomic E-state index is -0.788. The molecule has 4 heteroatoms. The molecule has 0 fully saturated rings. The molecule has 1 N–H and O–H groups in total. The molecule has 0 radical (unpaired) electrons. The number of benzene rings is 3. The maximum absolute atomic E-state index is 13.4. The predicted molar refractivity (Wildman–Crippen MR) is 109 cm³/mol. The molecular weight excluding hydrogens is 350 g/mol. The summed E-state index contributed by atoms with van der Waals surface area (Å²) in [5, 5.41) is 0.865. The van der Waals surface area contributed by atoms with Crippen LogP contribution in [0.4, 0.5) is 0 Å². The standard InChI is InChI=1S/C24H19NO3/c1-16(26)17-11-13-19(14-12-17)28-24(18-7-3-2-4-8-18)23(27)21-15-25-22-10-6-5-9-20(21)22/h2-15,24-25H,1H3/t24-/m0/s1. The Morgan fingerprint density at radius 3 is 2.25 bits per heavy atom. The van der Waals surface area contributed by atoms with Crippen molar-refractivity contribution in [2.45, 2.75) is 13.0 Å². The number of ether oxygens (including phenoxy) is 1. The Morgan fingerprint density at radius 1 is 0.857 bits per heavy atom. The first kappa shape index (κ1) is 17.7. The topological polar surface area (TPSA) is 59.2 Å². The fourth-order valence-electron chi connectivity index (χ4n) is 3.22. The van der Waals surface area contributed by atoms with E-state index in [1.165, 1.54) is 6.92 Å². The number of carbonyl (C=O) groups is 2. The number of Topliss-reactive ketones (excluding diaryl/α,β-unsaturated/α-hetero) is 2. The van der Waals surface area contributed by atoms with Crippen LogP contribution in [0.15, 0.2) is 85.1 Å². The summed E-state index contributed by atoms with van der Waals surface area (Å²) in [6.07, 6.45) is 0.939. The molecule has 1 aromatic heterocycles. The third-order valence-electron chi connectivity index (χ3n) is 4.71. The highest BCUT2D eigenvalue weighted by Crippen LogP contribution is 2.29. The van der Waals surface area contributed by atoms with Gasteiger partial charge in [0.05, 0.1) is 0 Å². The zero-order chi connectivity index (χ0) is 19.5. The number of nitrogens with one attached hydrogen (secondary N) is 1. The van der Waals surface area contributed by atoms with E-state index in [4.69, 9.17) is 4.74 Å². The number of aromatic nitrogens is 1. The van der Waals surface area contributed by atoms with E-state index in [0.29, 0.717) is 16.9 Å². The monoisotopic (exact) mass is 369 g/mol. The van der Waals surface area contributed by atoms with Crippen molar-refractivity contribution in [2.75, 3.05) is 0 Å². The second-order valence-electron chi connectivity index (χ2n) is 6.60. The lowest BCUT2D eigenvalue weighted by Crippen LogP contribution is -2.19. The van der Waals surface area contributed by atoms with Crippen molar-refractivity contribution in [3.63, 3.8) is 0 Å². The number of para-hydroxylation sites is 1. The van der Waals surface area contributed by atoms with E-state index in [0.717, 1.165) is 16.5 Å². The highest BCUT2D eigenvalue weighted by molar-refractivity contribution is 6.10. The lowest BCUT2D eigenvalue weighted by atomic mass is 9.99. The summed E-state index contributed by atoms with van der Waals surface area (Å²) in [4.78, 5) is 28.0. The largest absolute Gasteiger partial charge is 0.478 e. The molecule has 0 amide bonds. The zero-order valence-corrected chi connectivity index (χ0v) is 15.4. The van der Waals surface area contributed by atoms with Crippen molar-refractivity contribution in [2.24, 2.45) is 0 Å². The SMILES string of the molecule is CC(=O)c1ccc(O[C@H](C(=O)c2c[nH]c3ccccc23)c2ccccc2)cc1. The van der Waals surface area contributed by atoms with Crippen LogP contribution in [0.1, 0.15) is 39.3 Å². The van der Waals surface area contributed by atoms with Gasteiger partial charge < -0.3 is 9.72 Å². The number of hydrogen-bond acceptors (Lipinski definition) is 3. The first-order chi connectivity index (χ1) is 13.6. The van der Waals surface area contributed by atoms with Gasteiger partial charge in [0.2, 0.25) is 5.78 Å².